The number of fused-ring (bicyclic) bond motifs is 2. The Bertz CT molecular complexity index is 1250. The van der Waals surface area contributed by atoms with Crippen LogP contribution >= 0.6 is 0 Å². The molecule has 30 heavy (non-hydrogen) atoms. The fraction of sp³-hybridized carbons (Fsp3) is 0.211. The maximum Gasteiger partial charge on any atom is 0.277 e. The van der Waals surface area contributed by atoms with E-state index in [9.17, 15) is 20.2 Å². The van der Waals surface area contributed by atoms with E-state index in [1.165, 1.54) is 12.1 Å². The average Bonchev–Trinajstić information content (AvgIpc) is 3.09. The first-order chi connectivity index (χ1) is 14.5. The molecule has 2 heterocycles. The van der Waals surface area contributed by atoms with Gasteiger partial charge in [0.25, 0.3) is 11.4 Å². The molecule has 0 aliphatic rings. The summed E-state index contributed by atoms with van der Waals surface area (Å²) in [6.07, 6.45) is 0.625. The van der Waals surface area contributed by atoms with Crippen molar-refractivity contribution in [3.8, 4) is 11.4 Å². The number of aryl methyl sites for hydroxylation is 1. The van der Waals surface area contributed by atoms with E-state index in [0.717, 1.165) is 6.07 Å². The normalized spacial score (nSPS) is 11.2. The fourth-order valence-electron chi connectivity index (χ4n) is 3.23. The molecule has 0 fully saturated rings. The lowest BCUT2D eigenvalue weighted by Gasteiger charge is -2.09. The summed E-state index contributed by atoms with van der Waals surface area (Å²) in [5.74, 6) is 0.322. The molecule has 2 aromatic carbocycles. The first-order valence-corrected chi connectivity index (χ1v) is 9.04. The lowest BCUT2D eigenvalue weighted by molar-refractivity contribution is -0.394. The molecule has 0 saturated carbocycles. The Morgan fingerprint density at radius 3 is 2.20 bits per heavy atom. The van der Waals surface area contributed by atoms with Crippen LogP contribution in [0.2, 0.25) is 0 Å². The van der Waals surface area contributed by atoms with Gasteiger partial charge in [-0.3, -0.25) is 20.2 Å². The number of nitrogens with zero attached hydrogens (tertiary/aromatic N) is 6. The summed E-state index contributed by atoms with van der Waals surface area (Å²) >= 11 is 0. The minimum Gasteiger partial charge on any atom is -0.385 e. The van der Waals surface area contributed by atoms with Crippen molar-refractivity contribution in [2.45, 2.75) is 13.0 Å². The van der Waals surface area contributed by atoms with Crippen LogP contribution in [0.25, 0.3) is 33.7 Å². The first kappa shape index (κ1) is 19.3. The quantitative estimate of drug-likeness (QED) is 0.257. The highest BCUT2D eigenvalue weighted by Crippen LogP contribution is 2.31. The van der Waals surface area contributed by atoms with Gasteiger partial charge in [0.1, 0.15) is 5.82 Å². The molecule has 0 bridgehead atoms. The van der Waals surface area contributed by atoms with Gasteiger partial charge in [-0.05, 0) is 18.6 Å². The van der Waals surface area contributed by atoms with E-state index in [4.69, 9.17) is 4.74 Å². The van der Waals surface area contributed by atoms with Crippen molar-refractivity contribution in [3.05, 3.63) is 62.7 Å². The van der Waals surface area contributed by atoms with Gasteiger partial charge in [0.15, 0.2) is 11.3 Å². The maximum atomic E-state index is 11.3. The number of benzene rings is 2. The lowest BCUT2D eigenvalue weighted by Crippen LogP contribution is -2.05. The molecule has 0 amide bonds. The predicted octanol–water partition coefficient (Wildman–Crippen LogP) is 3.50. The van der Waals surface area contributed by atoms with Crippen molar-refractivity contribution in [2.24, 2.45) is 0 Å². The molecule has 11 nitrogen and oxygen atoms in total. The summed E-state index contributed by atoms with van der Waals surface area (Å²) in [6.45, 7) is 0.929. The number of nitro benzene ring substituents is 2. The van der Waals surface area contributed by atoms with Gasteiger partial charge in [-0.15, -0.1) is 0 Å². The zero-order valence-corrected chi connectivity index (χ0v) is 15.9. The second-order valence-corrected chi connectivity index (χ2v) is 6.55. The number of hydrogen-bond donors (Lipinski definition) is 0. The average molecular weight is 408 g/mol. The molecule has 152 valence electrons. The van der Waals surface area contributed by atoms with Gasteiger partial charge < -0.3 is 9.30 Å². The van der Waals surface area contributed by atoms with Crippen molar-refractivity contribution in [1.29, 1.82) is 0 Å². The van der Waals surface area contributed by atoms with E-state index in [1.807, 2.05) is 24.3 Å². The number of ether oxygens (including phenoxy) is 1. The number of rotatable bonds is 7. The third-order valence-electron chi connectivity index (χ3n) is 4.57. The van der Waals surface area contributed by atoms with Crippen LogP contribution < -0.4 is 0 Å². The molecule has 4 aromatic rings. The molecule has 0 saturated heterocycles. The number of imidazole rings is 1. The van der Waals surface area contributed by atoms with Crippen molar-refractivity contribution in [2.75, 3.05) is 13.7 Å². The smallest absolute Gasteiger partial charge is 0.277 e. The third kappa shape index (κ3) is 3.53. The number of nitro groups is 2. The minimum absolute atomic E-state index is 0.247. The molecule has 0 N–H and O–H groups in total. The summed E-state index contributed by atoms with van der Waals surface area (Å²) in [5.41, 5.74) is 1.65. The van der Waals surface area contributed by atoms with Crippen molar-refractivity contribution >= 4 is 33.7 Å². The van der Waals surface area contributed by atoms with E-state index in [2.05, 4.69) is 15.0 Å². The molecule has 0 unspecified atom stereocenters. The molecular weight excluding hydrogens is 392 g/mol. The van der Waals surface area contributed by atoms with Gasteiger partial charge in [0.2, 0.25) is 0 Å². The summed E-state index contributed by atoms with van der Waals surface area (Å²) in [4.78, 5) is 35.0. The summed E-state index contributed by atoms with van der Waals surface area (Å²) in [6, 6.07) is 10.8. The maximum absolute atomic E-state index is 11.3. The Balaban J connectivity index is 1.97. The van der Waals surface area contributed by atoms with Gasteiger partial charge in [-0.1, -0.05) is 12.1 Å². The van der Waals surface area contributed by atoms with Gasteiger partial charge in [0.05, 0.1) is 26.9 Å². The zero-order valence-electron chi connectivity index (χ0n) is 15.9. The Morgan fingerprint density at radius 1 is 0.967 bits per heavy atom. The molecule has 0 aliphatic heterocycles. The Labute approximate surface area is 169 Å². The van der Waals surface area contributed by atoms with Gasteiger partial charge in [-0.25, -0.2) is 15.0 Å². The molecule has 2 aromatic heterocycles. The second kappa shape index (κ2) is 7.79. The van der Waals surface area contributed by atoms with E-state index in [-0.39, 0.29) is 16.9 Å². The van der Waals surface area contributed by atoms with E-state index >= 15 is 0 Å². The SMILES string of the molecule is COCCCn1c(-c2cc([N+](=O)[O-])cc([N+](=O)[O-])c2)nc2nc3ccccc3nc21. The minimum atomic E-state index is -0.667. The van der Waals surface area contributed by atoms with Crippen LogP contribution in [0, 0.1) is 20.2 Å². The van der Waals surface area contributed by atoms with Crippen LogP contribution in [0.1, 0.15) is 6.42 Å². The first-order valence-electron chi connectivity index (χ1n) is 9.04. The number of non-ortho nitro benzene ring substituents is 2. The lowest BCUT2D eigenvalue weighted by atomic mass is 10.1. The van der Waals surface area contributed by atoms with Crippen LogP contribution in [0.15, 0.2) is 42.5 Å². The van der Waals surface area contributed by atoms with Crippen LogP contribution in [0.3, 0.4) is 0 Å². The number of para-hydroxylation sites is 2. The molecule has 0 radical (unpaired) electrons. The van der Waals surface area contributed by atoms with Gasteiger partial charge >= 0.3 is 0 Å². The molecule has 4 rings (SSSR count). The zero-order chi connectivity index (χ0) is 21.3. The highest BCUT2D eigenvalue weighted by molar-refractivity contribution is 5.85. The Hall–Kier alpha value is -3.99. The monoisotopic (exact) mass is 408 g/mol. The summed E-state index contributed by atoms with van der Waals surface area (Å²) < 4.78 is 6.88. The summed E-state index contributed by atoms with van der Waals surface area (Å²) in [5, 5.41) is 22.6. The van der Waals surface area contributed by atoms with Gasteiger partial charge in [0, 0.05) is 38.0 Å². The fourth-order valence-corrected chi connectivity index (χ4v) is 3.23. The van der Waals surface area contributed by atoms with E-state index < -0.39 is 9.85 Å². The topological polar surface area (TPSA) is 139 Å². The van der Waals surface area contributed by atoms with Crippen LogP contribution in [-0.2, 0) is 11.3 Å². The Kier molecular flexibility index (Phi) is 5.02. The highest BCUT2D eigenvalue weighted by Gasteiger charge is 2.22. The number of hydrogen-bond acceptors (Lipinski definition) is 8. The summed E-state index contributed by atoms with van der Waals surface area (Å²) in [7, 11) is 1.59. The van der Waals surface area contributed by atoms with Gasteiger partial charge in [-0.2, -0.15) is 0 Å². The van der Waals surface area contributed by atoms with Crippen molar-refractivity contribution < 1.29 is 14.6 Å². The van der Waals surface area contributed by atoms with Crippen molar-refractivity contribution in [3.63, 3.8) is 0 Å². The van der Waals surface area contributed by atoms with E-state index in [1.54, 1.807) is 11.7 Å². The molecule has 0 spiro atoms. The van der Waals surface area contributed by atoms with Crippen LogP contribution in [0.4, 0.5) is 11.4 Å². The van der Waals surface area contributed by atoms with Crippen molar-refractivity contribution in [1.82, 2.24) is 19.5 Å². The number of aromatic nitrogens is 4. The third-order valence-corrected chi connectivity index (χ3v) is 4.57. The second-order valence-electron chi connectivity index (χ2n) is 6.55. The largest absolute Gasteiger partial charge is 0.385 e. The Morgan fingerprint density at radius 2 is 1.60 bits per heavy atom. The molecular formula is C19H16N6O5. The van der Waals surface area contributed by atoms with Crippen LogP contribution in [0.5, 0.6) is 0 Å². The van der Waals surface area contributed by atoms with E-state index in [0.29, 0.717) is 47.7 Å². The molecule has 0 aliphatic carbocycles. The molecule has 0 atom stereocenters. The molecule has 11 heteroatoms. The predicted molar refractivity (Wildman–Crippen MR) is 108 cm³/mol. The number of methoxy groups -OCH3 is 1. The highest BCUT2D eigenvalue weighted by atomic mass is 16.6. The van der Waals surface area contributed by atoms with Crippen LogP contribution in [-0.4, -0.2) is 43.1 Å². The standard InChI is InChI=1S/C19H16N6O5/c1-30-8-4-7-23-18(12-9-13(24(26)27)11-14(10-12)25(28)29)22-17-19(23)21-16-6-3-2-5-15(16)20-17/h2-3,5-6,9-11H,4,7-8H2,1H3.